The molecule has 1 fully saturated rings. The number of nitrogens with zero attached hydrogens (tertiary/aromatic N) is 2. The van der Waals surface area contributed by atoms with Crippen molar-refractivity contribution in [3.05, 3.63) is 59.7 Å². The Morgan fingerprint density at radius 3 is 2.36 bits per heavy atom. The third-order valence-corrected chi connectivity index (χ3v) is 4.72. The van der Waals surface area contributed by atoms with Crippen LogP contribution in [0.25, 0.3) is 0 Å². The third kappa shape index (κ3) is 4.75. The SMILES string of the molecule is COc1ccccc1CN1CCN(C(=O)Nc2ccccc2C(F)(F)F)CC1. The number of ether oxygens (including phenoxy) is 1. The van der Waals surface area contributed by atoms with E-state index in [0.717, 1.165) is 17.4 Å². The van der Waals surface area contributed by atoms with E-state index in [9.17, 15) is 18.0 Å². The van der Waals surface area contributed by atoms with E-state index in [1.807, 2.05) is 24.3 Å². The molecule has 5 nitrogen and oxygen atoms in total. The van der Waals surface area contributed by atoms with Gasteiger partial charge in [0, 0.05) is 38.3 Å². The smallest absolute Gasteiger partial charge is 0.418 e. The van der Waals surface area contributed by atoms with Gasteiger partial charge in [0.15, 0.2) is 0 Å². The molecule has 0 unspecified atom stereocenters. The summed E-state index contributed by atoms with van der Waals surface area (Å²) in [5.74, 6) is 0.812. The number of hydrogen-bond acceptors (Lipinski definition) is 3. The summed E-state index contributed by atoms with van der Waals surface area (Å²) in [6.45, 7) is 2.83. The average Bonchev–Trinajstić information content (AvgIpc) is 2.68. The van der Waals surface area contributed by atoms with Gasteiger partial charge >= 0.3 is 12.2 Å². The molecule has 0 bridgehead atoms. The Morgan fingerprint density at radius 2 is 1.68 bits per heavy atom. The molecule has 2 aromatic carbocycles. The number of anilines is 1. The van der Waals surface area contributed by atoms with E-state index in [0.29, 0.717) is 32.7 Å². The summed E-state index contributed by atoms with van der Waals surface area (Å²) in [6, 6.07) is 12.2. The first kappa shape index (κ1) is 20.0. The molecule has 0 atom stereocenters. The summed E-state index contributed by atoms with van der Waals surface area (Å²) in [4.78, 5) is 16.1. The molecular formula is C20H22F3N3O2. The minimum atomic E-state index is -4.52. The Bertz CT molecular complexity index is 818. The Hall–Kier alpha value is -2.74. The number of piperazine rings is 1. The van der Waals surface area contributed by atoms with E-state index in [1.54, 1.807) is 7.11 Å². The normalized spacial score (nSPS) is 15.4. The fourth-order valence-corrected chi connectivity index (χ4v) is 3.22. The molecule has 0 saturated carbocycles. The monoisotopic (exact) mass is 393 g/mol. The molecule has 1 saturated heterocycles. The lowest BCUT2D eigenvalue weighted by molar-refractivity contribution is -0.136. The van der Waals surface area contributed by atoms with E-state index in [1.165, 1.54) is 23.1 Å². The van der Waals surface area contributed by atoms with Gasteiger partial charge in [-0.05, 0) is 18.2 Å². The van der Waals surface area contributed by atoms with Crippen molar-refractivity contribution in [1.29, 1.82) is 0 Å². The number of halogens is 3. The van der Waals surface area contributed by atoms with E-state index in [4.69, 9.17) is 4.74 Å². The molecular weight excluding hydrogens is 371 g/mol. The molecule has 0 radical (unpaired) electrons. The van der Waals surface area contributed by atoms with Crippen LogP contribution in [0, 0.1) is 0 Å². The summed E-state index contributed by atoms with van der Waals surface area (Å²) in [7, 11) is 1.62. The minimum Gasteiger partial charge on any atom is -0.496 e. The van der Waals surface area contributed by atoms with Crippen LogP contribution in [0.5, 0.6) is 5.75 Å². The Balaban J connectivity index is 1.57. The van der Waals surface area contributed by atoms with Crippen molar-refractivity contribution in [3.8, 4) is 5.75 Å². The third-order valence-electron chi connectivity index (χ3n) is 4.72. The van der Waals surface area contributed by atoms with Crippen LogP contribution in [0.2, 0.25) is 0 Å². The van der Waals surface area contributed by atoms with Gasteiger partial charge in [-0.25, -0.2) is 4.79 Å². The van der Waals surface area contributed by atoms with E-state index in [-0.39, 0.29) is 5.69 Å². The summed E-state index contributed by atoms with van der Waals surface area (Å²) in [6.07, 6.45) is -4.52. The number of amides is 2. The first-order valence-electron chi connectivity index (χ1n) is 8.95. The molecule has 0 aromatic heterocycles. The van der Waals surface area contributed by atoms with Gasteiger partial charge in [0.05, 0.1) is 18.4 Å². The topological polar surface area (TPSA) is 44.8 Å². The second-order valence-electron chi connectivity index (χ2n) is 6.55. The highest BCUT2D eigenvalue weighted by atomic mass is 19.4. The van der Waals surface area contributed by atoms with Gasteiger partial charge in [0.25, 0.3) is 0 Å². The number of urea groups is 1. The summed E-state index contributed by atoms with van der Waals surface area (Å²) in [5, 5.41) is 2.40. The van der Waals surface area contributed by atoms with Gasteiger partial charge in [-0.15, -0.1) is 0 Å². The summed E-state index contributed by atoms with van der Waals surface area (Å²) < 4.78 is 44.6. The van der Waals surface area contributed by atoms with Crippen LogP contribution < -0.4 is 10.1 Å². The second-order valence-corrected chi connectivity index (χ2v) is 6.55. The molecule has 28 heavy (non-hydrogen) atoms. The highest BCUT2D eigenvalue weighted by Crippen LogP contribution is 2.34. The summed E-state index contributed by atoms with van der Waals surface area (Å²) >= 11 is 0. The average molecular weight is 393 g/mol. The first-order valence-corrected chi connectivity index (χ1v) is 8.95. The van der Waals surface area contributed by atoms with E-state index < -0.39 is 17.8 Å². The zero-order valence-electron chi connectivity index (χ0n) is 15.5. The van der Waals surface area contributed by atoms with Gasteiger partial charge in [-0.2, -0.15) is 13.2 Å². The first-order chi connectivity index (χ1) is 13.4. The van der Waals surface area contributed by atoms with Crippen LogP contribution in [-0.2, 0) is 12.7 Å². The number of carbonyl (C=O) groups is 1. The number of para-hydroxylation sites is 2. The predicted molar refractivity (Wildman–Crippen MR) is 100 cm³/mol. The van der Waals surface area contributed by atoms with Gasteiger partial charge in [0.1, 0.15) is 5.75 Å². The predicted octanol–water partition coefficient (Wildman–Crippen LogP) is 4.06. The van der Waals surface area contributed by atoms with Crippen LogP contribution in [-0.4, -0.2) is 49.1 Å². The molecule has 0 spiro atoms. The van der Waals surface area contributed by atoms with Crippen molar-refractivity contribution in [2.24, 2.45) is 0 Å². The zero-order valence-corrected chi connectivity index (χ0v) is 15.5. The maximum Gasteiger partial charge on any atom is 0.418 e. The highest BCUT2D eigenvalue weighted by molar-refractivity contribution is 5.90. The highest BCUT2D eigenvalue weighted by Gasteiger charge is 2.34. The molecule has 2 aromatic rings. The number of benzene rings is 2. The molecule has 8 heteroatoms. The van der Waals surface area contributed by atoms with Crippen LogP contribution in [0.4, 0.5) is 23.7 Å². The molecule has 2 amide bonds. The molecule has 1 aliphatic rings. The van der Waals surface area contributed by atoms with Gasteiger partial charge in [0.2, 0.25) is 0 Å². The van der Waals surface area contributed by atoms with Crippen LogP contribution in [0.3, 0.4) is 0 Å². The molecule has 0 aliphatic carbocycles. The van der Waals surface area contributed by atoms with Crippen LogP contribution in [0.1, 0.15) is 11.1 Å². The number of rotatable bonds is 4. The fraction of sp³-hybridized carbons (Fsp3) is 0.350. The molecule has 3 rings (SSSR count). The van der Waals surface area contributed by atoms with Gasteiger partial charge in [-0.1, -0.05) is 30.3 Å². The van der Waals surface area contributed by atoms with Crippen molar-refractivity contribution >= 4 is 11.7 Å². The lowest BCUT2D eigenvalue weighted by Gasteiger charge is -2.35. The van der Waals surface area contributed by atoms with Crippen molar-refractivity contribution in [2.75, 3.05) is 38.6 Å². The molecule has 1 aliphatic heterocycles. The largest absolute Gasteiger partial charge is 0.496 e. The second kappa shape index (κ2) is 8.52. The Morgan fingerprint density at radius 1 is 1.04 bits per heavy atom. The Kier molecular flexibility index (Phi) is 6.08. The maximum atomic E-state index is 13.1. The number of methoxy groups -OCH3 is 1. The lowest BCUT2D eigenvalue weighted by Crippen LogP contribution is -2.49. The minimum absolute atomic E-state index is 0.226. The van der Waals surface area contributed by atoms with Crippen LogP contribution in [0.15, 0.2) is 48.5 Å². The van der Waals surface area contributed by atoms with Gasteiger partial charge in [-0.3, -0.25) is 4.90 Å². The molecule has 1 N–H and O–H groups in total. The number of carbonyl (C=O) groups excluding carboxylic acids is 1. The van der Waals surface area contributed by atoms with E-state index in [2.05, 4.69) is 10.2 Å². The quantitative estimate of drug-likeness (QED) is 0.852. The standard InChI is InChI=1S/C20H22F3N3O2/c1-28-18-9-5-2-6-15(18)14-25-10-12-26(13-11-25)19(27)24-17-8-4-3-7-16(17)20(21,22)23/h2-9H,10-14H2,1H3,(H,24,27). The zero-order chi connectivity index (χ0) is 20.1. The van der Waals surface area contributed by atoms with Gasteiger partial charge < -0.3 is 15.0 Å². The Labute approximate surface area is 161 Å². The van der Waals surface area contributed by atoms with Crippen LogP contribution >= 0.6 is 0 Å². The maximum absolute atomic E-state index is 13.1. The molecule has 1 heterocycles. The fourth-order valence-electron chi connectivity index (χ4n) is 3.22. The number of alkyl halides is 3. The molecule has 150 valence electrons. The van der Waals surface area contributed by atoms with Crippen molar-refractivity contribution in [3.63, 3.8) is 0 Å². The van der Waals surface area contributed by atoms with Crippen molar-refractivity contribution in [2.45, 2.75) is 12.7 Å². The van der Waals surface area contributed by atoms with Crippen molar-refractivity contribution in [1.82, 2.24) is 9.80 Å². The lowest BCUT2D eigenvalue weighted by atomic mass is 10.1. The van der Waals surface area contributed by atoms with Crippen molar-refractivity contribution < 1.29 is 22.7 Å². The number of hydrogen-bond donors (Lipinski definition) is 1. The summed E-state index contributed by atoms with van der Waals surface area (Å²) in [5.41, 5.74) is -0.0170. The number of nitrogens with one attached hydrogen (secondary N) is 1. The van der Waals surface area contributed by atoms with E-state index >= 15 is 0 Å².